The van der Waals surface area contributed by atoms with Crippen molar-refractivity contribution in [2.45, 2.75) is 6.92 Å². The highest BCUT2D eigenvalue weighted by Crippen LogP contribution is 2.30. The summed E-state index contributed by atoms with van der Waals surface area (Å²) in [4.78, 5) is 26.9. The van der Waals surface area contributed by atoms with E-state index < -0.39 is 0 Å². The van der Waals surface area contributed by atoms with Gasteiger partial charge in [0.1, 0.15) is 11.4 Å². The molecule has 24 heavy (non-hydrogen) atoms. The number of hydrogen-bond donors (Lipinski definition) is 3. The Hall–Kier alpha value is -3.28. The van der Waals surface area contributed by atoms with E-state index in [9.17, 15) is 9.59 Å². The zero-order chi connectivity index (χ0) is 16.7. The van der Waals surface area contributed by atoms with Crippen LogP contribution in [0.5, 0.6) is 5.75 Å². The van der Waals surface area contributed by atoms with Crippen LogP contribution in [0.2, 0.25) is 0 Å². The zero-order valence-electron chi connectivity index (χ0n) is 13.0. The van der Waals surface area contributed by atoms with Crippen LogP contribution in [-0.2, 0) is 4.79 Å². The third-order valence-corrected chi connectivity index (χ3v) is 3.89. The van der Waals surface area contributed by atoms with Crippen molar-refractivity contribution < 1.29 is 14.3 Å². The summed E-state index contributed by atoms with van der Waals surface area (Å²) in [5.41, 5.74) is 3.66. The molecule has 1 aliphatic heterocycles. The van der Waals surface area contributed by atoms with Gasteiger partial charge >= 0.3 is 0 Å². The average Bonchev–Trinajstić information content (AvgIpc) is 2.97. The smallest absolute Gasteiger partial charge is 0.272 e. The van der Waals surface area contributed by atoms with Gasteiger partial charge < -0.3 is 20.4 Å². The van der Waals surface area contributed by atoms with E-state index in [1.165, 1.54) is 0 Å². The topological polar surface area (TPSA) is 83.2 Å². The quantitative estimate of drug-likeness (QED) is 0.678. The number of carbonyl (C=O) groups excluding carboxylic acids is 2. The Balaban J connectivity index is 1.59. The van der Waals surface area contributed by atoms with Gasteiger partial charge in [0.05, 0.1) is 5.69 Å². The number of rotatable bonds is 2. The molecule has 3 N–H and O–H groups in total. The lowest BCUT2D eigenvalue weighted by Gasteiger charge is -2.18. The van der Waals surface area contributed by atoms with Gasteiger partial charge in [-0.3, -0.25) is 9.59 Å². The van der Waals surface area contributed by atoms with E-state index in [0.717, 1.165) is 16.5 Å². The molecule has 2 heterocycles. The number of aryl methyl sites for hydroxylation is 1. The van der Waals surface area contributed by atoms with Crippen LogP contribution in [0, 0.1) is 6.92 Å². The SMILES string of the molecule is Cc1ccc2cc(C(=O)Nc3ccc4c(c3)NC(=O)CO4)[nH]c2c1. The third kappa shape index (κ3) is 2.58. The number of H-pyrrole nitrogens is 1. The van der Waals surface area contributed by atoms with Crippen LogP contribution in [0.4, 0.5) is 11.4 Å². The number of amides is 2. The highest BCUT2D eigenvalue weighted by atomic mass is 16.5. The van der Waals surface area contributed by atoms with Gasteiger partial charge in [-0.1, -0.05) is 12.1 Å². The molecule has 0 fully saturated rings. The standard InChI is InChI=1S/C18H15N3O3/c1-10-2-3-11-7-15(20-13(11)6-10)18(23)19-12-4-5-16-14(8-12)21-17(22)9-24-16/h2-8,20H,9H2,1H3,(H,19,23)(H,21,22). The van der Waals surface area contributed by atoms with Crippen molar-refractivity contribution in [3.05, 3.63) is 53.7 Å². The molecular formula is C18H15N3O3. The Morgan fingerprint density at radius 3 is 2.92 bits per heavy atom. The van der Waals surface area contributed by atoms with Crippen LogP contribution >= 0.6 is 0 Å². The van der Waals surface area contributed by atoms with Crippen LogP contribution in [0.25, 0.3) is 10.9 Å². The van der Waals surface area contributed by atoms with Crippen molar-refractivity contribution in [3.8, 4) is 5.75 Å². The van der Waals surface area contributed by atoms with Crippen LogP contribution in [0.1, 0.15) is 16.1 Å². The molecule has 0 radical (unpaired) electrons. The molecule has 0 saturated heterocycles. The van der Waals surface area contributed by atoms with Crippen molar-refractivity contribution in [1.29, 1.82) is 0 Å². The van der Waals surface area contributed by atoms with Gasteiger partial charge in [0, 0.05) is 16.6 Å². The fourth-order valence-electron chi connectivity index (χ4n) is 2.72. The highest BCUT2D eigenvalue weighted by molar-refractivity contribution is 6.06. The first-order valence-electron chi connectivity index (χ1n) is 7.56. The van der Waals surface area contributed by atoms with E-state index in [-0.39, 0.29) is 18.4 Å². The molecule has 6 heteroatoms. The molecule has 1 aliphatic rings. The molecule has 1 aromatic heterocycles. The Labute approximate surface area is 137 Å². The minimum atomic E-state index is -0.244. The van der Waals surface area contributed by atoms with E-state index in [1.807, 2.05) is 31.2 Å². The second-order valence-corrected chi connectivity index (χ2v) is 5.78. The maximum Gasteiger partial charge on any atom is 0.272 e. The minimum Gasteiger partial charge on any atom is -0.482 e. The third-order valence-electron chi connectivity index (χ3n) is 3.89. The van der Waals surface area contributed by atoms with Crippen molar-refractivity contribution in [2.75, 3.05) is 17.2 Å². The Bertz CT molecular complexity index is 975. The highest BCUT2D eigenvalue weighted by Gasteiger charge is 2.17. The second kappa shape index (κ2) is 5.42. The Kier molecular flexibility index (Phi) is 3.23. The molecule has 3 aromatic rings. The predicted molar refractivity (Wildman–Crippen MR) is 91.6 cm³/mol. The van der Waals surface area contributed by atoms with Crippen LogP contribution in [0.15, 0.2) is 42.5 Å². The van der Waals surface area contributed by atoms with Crippen LogP contribution in [0.3, 0.4) is 0 Å². The molecule has 0 spiro atoms. The molecule has 0 atom stereocenters. The summed E-state index contributed by atoms with van der Waals surface area (Å²) < 4.78 is 5.30. The number of aromatic nitrogens is 1. The molecular weight excluding hydrogens is 306 g/mol. The van der Waals surface area contributed by atoms with Gasteiger partial charge in [-0.05, 0) is 42.8 Å². The number of fused-ring (bicyclic) bond motifs is 2. The number of carbonyl (C=O) groups is 2. The van der Waals surface area contributed by atoms with E-state index in [2.05, 4.69) is 15.6 Å². The maximum atomic E-state index is 12.4. The van der Waals surface area contributed by atoms with Gasteiger partial charge in [0.15, 0.2) is 6.61 Å². The zero-order valence-corrected chi connectivity index (χ0v) is 13.0. The van der Waals surface area contributed by atoms with Gasteiger partial charge in [0.25, 0.3) is 11.8 Å². The van der Waals surface area contributed by atoms with Gasteiger partial charge in [-0.15, -0.1) is 0 Å². The van der Waals surface area contributed by atoms with E-state index in [4.69, 9.17) is 4.74 Å². The maximum absolute atomic E-state index is 12.4. The molecule has 2 amide bonds. The summed E-state index contributed by atoms with van der Waals surface area (Å²) in [7, 11) is 0. The predicted octanol–water partition coefficient (Wildman–Crippen LogP) is 3.06. The number of benzene rings is 2. The number of anilines is 2. The number of hydrogen-bond acceptors (Lipinski definition) is 3. The molecule has 0 aliphatic carbocycles. The van der Waals surface area contributed by atoms with Gasteiger partial charge in [-0.2, -0.15) is 0 Å². The van der Waals surface area contributed by atoms with E-state index in [0.29, 0.717) is 22.8 Å². The molecule has 0 bridgehead atoms. The number of aromatic amines is 1. The first-order chi connectivity index (χ1) is 11.6. The summed E-state index contributed by atoms with van der Waals surface area (Å²) in [6, 6.07) is 12.9. The van der Waals surface area contributed by atoms with Gasteiger partial charge in [0.2, 0.25) is 0 Å². The van der Waals surface area contributed by atoms with Crippen molar-refractivity contribution >= 4 is 34.1 Å². The largest absolute Gasteiger partial charge is 0.482 e. The minimum absolute atomic E-state index is 0.00713. The normalized spacial score (nSPS) is 13.1. The summed E-state index contributed by atoms with van der Waals surface area (Å²) in [6.45, 7) is 2.01. The molecule has 2 aromatic carbocycles. The van der Waals surface area contributed by atoms with Crippen molar-refractivity contribution in [3.63, 3.8) is 0 Å². The van der Waals surface area contributed by atoms with Crippen molar-refractivity contribution in [2.24, 2.45) is 0 Å². The number of nitrogens with one attached hydrogen (secondary N) is 3. The average molecular weight is 321 g/mol. The fourth-order valence-corrected chi connectivity index (χ4v) is 2.72. The summed E-state index contributed by atoms with van der Waals surface area (Å²) >= 11 is 0. The molecule has 0 saturated carbocycles. The lowest BCUT2D eigenvalue weighted by atomic mass is 10.2. The molecule has 4 rings (SSSR count). The fraction of sp³-hybridized carbons (Fsp3) is 0.111. The summed E-state index contributed by atoms with van der Waals surface area (Å²) in [5, 5.41) is 6.52. The number of ether oxygens (including phenoxy) is 1. The van der Waals surface area contributed by atoms with E-state index in [1.54, 1.807) is 18.2 Å². The second-order valence-electron chi connectivity index (χ2n) is 5.78. The lowest BCUT2D eigenvalue weighted by molar-refractivity contribution is -0.118. The monoisotopic (exact) mass is 321 g/mol. The first-order valence-corrected chi connectivity index (χ1v) is 7.56. The van der Waals surface area contributed by atoms with Crippen LogP contribution < -0.4 is 15.4 Å². The van der Waals surface area contributed by atoms with E-state index >= 15 is 0 Å². The molecule has 0 unspecified atom stereocenters. The first kappa shape index (κ1) is 14.3. The van der Waals surface area contributed by atoms with Crippen molar-refractivity contribution in [1.82, 2.24) is 4.98 Å². The Morgan fingerprint density at radius 1 is 1.17 bits per heavy atom. The van der Waals surface area contributed by atoms with Crippen LogP contribution in [-0.4, -0.2) is 23.4 Å². The molecule has 6 nitrogen and oxygen atoms in total. The lowest BCUT2D eigenvalue weighted by Crippen LogP contribution is -2.25. The Morgan fingerprint density at radius 2 is 2.04 bits per heavy atom. The summed E-state index contributed by atoms with van der Waals surface area (Å²) in [6.07, 6.45) is 0. The molecule has 120 valence electrons. The summed E-state index contributed by atoms with van der Waals surface area (Å²) in [5.74, 6) is 0.137. The van der Waals surface area contributed by atoms with Gasteiger partial charge in [-0.25, -0.2) is 0 Å².